The Labute approximate surface area is 147 Å². The van der Waals surface area contributed by atoms with E-state index in [-0.39, 0.29) is 42.8 Å². The summed E-state index contributed by atoms with van der Waals surface area (Å²) in [5, 5.41) is 29.3. The van der Waals surface area contributed by atoms with E-state index in [0.717, 1.165) is 38.8 Å². The Bertz CT molecular complexity index is 554. The Morgan fingerprint density at radius 2 is 2.04 bits per heavy atom. The first-order valence-corrected chi connectivity index (χ1v) is 8.35. The highest BCUT2D eigenvalue weighted by Gasteiger charge is 2.39. The van der Waals surface area contributed by atoms with Gasteiger partial charge in [0.1, 0.15) is 5.76 Å². The maximum atomic E-state index is 12.6. The number of rotatable bonds is 5. The fourth-order valence-electron chi connectivity index (χ4n) is 3.72. The van der Waals surface area contributed by atoms with Crippen LogP contribution in [0.4, 0.5) is 0 Å². The number of aliphatic hydroxyl groups is 2. The van der Waals surface area contributed by atoms with Gasteiger partial charge in [0.05, 0.1) is 18.3 Å². The molecule has 1 amide bonds. The molecule has 3 rings (SSSR count). The molecule has 1 aliphatic heterocycles. The predicted octanol–water partition coefficient (Wildman–Crippen LogP) is 0.766. The van der Waals surface area contributed by atoms with E-state index in [0.29, 0.717) is 23.2 Å². The molecule has 1 unspecified atom stereocenters. The maximum Gasteiger partial charge on any atom is 0.274 e. The zero-order chi connectivity index (χ0) is 16.4. The second kappa shape index (κ2) is 8.29. The number of nitrogens with zero attached hydrogens (tertiary/aromatic N) is 1. The average molecular weight is 360 g/mol. The summed E-state index contributed by atoms with van der Waals surface area (Å²) in [7, 11) is 0. The van der Waals surface area contributed by atoms with Gasteiger partial charge >= 0.3 is 0 Å². The molecule has 2 heterocycles. The standard InChI is InChI=1S/C16H25N3O4.ClH/c1-9-13(8-20)15(19-23-9)16(22)18-14(11-6-12(21)7-11)10-2-4-17-5-3-10;/h10-12,14,17,20-21H,2-8H2,1H3,(H,18,22);1H. The van der Waals surface area contributed by atoms with Crippen molar-refractivity contribution in [1.82, 2.24) is 15.8 Å². The zero-order valence-corrected chi connectivity index (χ0v) is 14.6. The molecule has 0 bridgehead atoms. The first kappa shape index (κ1) is 19.2. The molecule has 1 aromatic heterocycles. The maximum absolute atomic E-state index is 12.6. The molecule has 8 heteroatoms. The number of aromatic nitrogens is 1. The van der Waals surface area contributed by atoms with Crippen molar-refractivity contribution in [2.75, 3.05) is 13.1 Å². The fraction of sp³-hybridized carbons (Fsp3) is 0.750. The highest BCUT2D eigenvalue weighted by molar-refractivity contribution is 5.94. The number of amides is 1. The Balaban J connectivity index is 0.00000208. The van der Waals surface area contributed by atoms with Crippen LogP contribution in [0.1, 0.15) is 47.5 Å². The van der Waals surface area contributed by atoms with E-state index in [1.54, 1.807) is 6.92 Å². The minimum atomic E-state index is -0.296. The summed E-state index contributed by atoms with van der Waals surface area (Å²) >= 11 is 0. The monoisotopic (exact) mass is 359 g/mol. The lowest BCUT2D eigenvalue weighted by molar-refractivity contribution is 0.00907. The van der Waals surface area contributed by atoms with Crippen LogP contribution in [0, 0.1) is 18.8 Å². The van der Waals surface area contributed by atoms with Gasteiger partial charge in [-0.2, -0.15) is 0 Å². The molecule has 2 fully saturated rings. The van der Waals surface area contributed by atoms with Crippen LogP contribution < -0.4 is 10.6 Å². The minimum absolute atomic E-state index is 0. The highest BCUT2D eigenvalue weighted by atomic mass is 35.5. The van der Waals surface area contributed by atoms with Gasteiger partial charge in [0.2, 0.25) is 0 Å². The number of aryl methyl sites for hydroxylation is 1. The van der Waals surface area contributed by atoms with Gasteiger partial charge in [0.25, 0.3) is 5.91 Å². The van der Waals surface area contributed by atoms with Gasteiger partial charge < -0.3 is 25.4 Å². The van der Waals surface area contributed by atoms with Gasteiger partial charge in [0, 0.05) is 6.04 Å². The van der Waals surface area contributed by atoms with E-state index in [1.165, 1.54) is 0 Å². The van der Waals surface area contributed by atoms with E-state index < -0.39 is 0 Å². The number of carbonyl (C=O) groups excluding carboxylic acids is 1. The van der Waals surface area contributed by atoms with Crippen molar-refractivity contribution in [3.63, 3.8) is 0 Å². The summed E-state index contributed by atoms with van der Waals surface area (Å²) in [5.74, 6) is 0.886. The SMILES string of the molecule is Cc1onc(C(=O)NC(C2CCNCC2)C2CC(O)C2)c1CO.Cl. The molecule has 7 nitrogen and oxygen atoms in total. The van der Waals surface area contributed by atoms with Gasteiger partial charge in [-0.05, 0) is 57.5 Å². The van der Waals surface area contributed by atoms with Crippen LogP contribution in [0.15, 0.2) is 4.52 Å². The third-order valence-corrected chi connectivity index (χ3v) is 5.20. The van der Waals surface area contributed by atoms with Crippen LogP contribution in [0.25, 0.3) is 0 Å². The molecular weight excluding hydrogens is 334 g/mol. The number of nitrogens with one attached hydrogen (secondary N) is 2. The number of hydrogen-bond donors (Lipinski definition) is 4. The van der Waals surface area contributed by atoms with E-state index in [1.807, 2.05) is 0 Å². The highest BCUT2D eigenvalue weighted by Crippen LogP contribution is 2.36. The molecule has 1 saturated heterocycles. The number of hydrogen-bond acceptors (Lipinski definition) is 6. The van der Waals surface area contributed by atoms with Gasteiger partial charge in [-0.15, -0.1) is 12.4 Å². The summed E-state index contributed by atoms with van der Waals surface area (Å²) in [5.41, 5.74) is 0.615. The molecule has 0 spiro atoms. The number of carbonyl (C=O) groups is 1. The van der Waals surface area contributed by atoms with Crippen molar-refractivity contribution in [2.45, 2.75) is 51.4 Å². The van der Waals surface area contributed by atoms with Crippen LogP contribution in [0.5, 0.6) is 0 Å². The van der Waals surface area contributed by atoms with Crippen molar-refractivity contribution in [1.29, 1.82) is 0 Å². The van der Waals surface area contributed by atoms with Crippen molar-refractivity contribution in [3.8, 4) is 0 Å². The van der Waals surface area contributed by atoms with Gasteiger partial charge in [-0.25, -0.2) is 0 Å². The Morgan fingerprint density at radius 3 is 2.62 bits per heavy atom. The topological polar surface area (TPSA) is 108 Å². The van der Waals surface area contributed by atoms with E-state index >= 15 is 0 Å². The number of halogens is 1. The molecule has 4 N–H and O–H groups in total. The summed E-state index contributed by atoms with van der Waals surface area (Å²) in [6.07, 6.45) is 3.26. The molecule has 1 atom stereocenters. The second-order valence-electron chi connectivity index (χ2n) is 6.70. The lowest BCUT2D eigenvalue weighted by atomic mass is 9.71. The van der Waals surface area contributed by atoms with Crippen molar-refractivity contribution >= 4 is 18.3 Å². The van der Waals surface area contributed by atoms with Gasteiger partial charge in [-0.3, -0.25) is 4.79 Å². The molecule has 1 saturated carbocycles. The molecule has 1 aliphatic carbocycles. The predicted molar refractivity (Wildman–Crippen MR) is 90.0 cm³/mol. The first-order chi connectivity index (χ1) is 11.1. The smallest absolute Gasteiger partial charge is 0.274 e. The summed E-state index contributed by atoms with van der Waals surface area (Å²) in [4.78, 5) is 12.6. The molecule has 1 aromatic rings. The van der Waals surface area contributed by atoms with Crippen molar-refractivity contribution < 1.29 is 19.5 Å². The minimum Gasteiger partial charge on any atom is -0.393 e. The van der Waals surface area contributed by atoms with Crippen molar-refractivity contribution in [3.05, 3.63) is 17.0 Å². The number of piperidine rings is 1. The van der Waals surface area contributed by atoms with Gasteiger partial charge in [-0.1, -0.05) is 5.16 Å². The summed E-state index contributed by atoms with van der Waals surface area (Å²) in [6.45, 7) is 3.33. The normalized spacial score (nSPS) is 25.5. The van der Waals surface area contributed by atoms with E-state index in [2.05, 4.69) is 15.8 Å². The van der Waals surface area contributed by atoms with Crippen LogP contribution >= 0.6 is 12.4 Å². The van der Waals surface area contributed by atoms with Crippen LogP contribution in [0.3, 0.4) is 0 Å². The third-order valence-electron chi connectivity index (χ3n) is 5.20. The van der Waals surface area contributed by atoms with E-state index in [9.17, 15) is 15.0 Å². The van der Waals surface area contributed by atoms with Crippen LogP contribution in [-0.2, 0) is 6.61 Å². The van der Waals surface area contributed by atoms with Gasteiger partial charge in [0.15, 0.2) is 5.69 Å². The average Bonchev–Trinajstić information content (AvgIpc) is 2.91. The van der Waals surface area contributed by atoms with E-state index in [4.69, 9.17) is 4.52 Å². The molecule has 0 aromatic carbocycles. The Morgan fingerprint density at radius 1 is 1.38 bits per heavy atom. The third kappa shape index (κ3) is 3.91. The Hall–Kier alpha value is -1.15. The molecular formula is C16H26ClN3O4. The Kier molecular flexibility index (Phi) is 6.62. The molecule has 0 radical (unpaired) electrons. The number of aliphatic hydroxyl groups excluding tert-OH is 2. The second-order valence-corrected chi connectivity index (χ2v) is 6.70. The molecule has 24 heavy (non-hydrogen) atoms. The molecule has 2 aliphatic rings. The first-order valence-electron chi connectivity index (χ1n) is 8.35. The van der Waals surface area contributed by atoms with Crippen molar-refractivity contribution in [2.24, 2.45) is 11.8 Å². The molecule has 136 valence electrons. The van der Waals surface area contributed by atoms with Crippen LogP contribution in [0.2, 0.25) is 0 Å². The largest absolute Gasteiger partial charge is 0.393 e. The van der Waals surface area contributed by atoms with Crippen LogP contribution in [-0.4, -0.2) is 46.5 Å². The fourth-order valence-corrected chi connectivity index (χ4v) is 3.72. The summed E-state index contributed by atoms with van der Waals surface area (Å²) < 4.78 is 5.03. The lowest BCUT2D eigenvalue weighted by Crippen LogP contribution is -2.53. The lowest BCUT2D eigenvalue weighted by Gasteiger charge is -2.43. The quantitative estimate of drug-likeness (QED) is 0.618. The summed E-state index contributed by atoms with van der Waals surface area (Å²) in [6, 6.07) is 0.0385. The zero-order valence-electron chi connectivity index (χ0n) is 13.8.